The normalized spacial score (nSPS) is 21.3. The van der Waals surface area contributed by atoms with Gasteiger partial charge in [0.15, 0.2) is 0 Å². The third kappa shape index (κ3) is 2.27. The van der Waals surface area contributed by atoms with Gasteiger partial charge in [0, 0.05) is 25.7 Å². The summed E-state index contributed by atoms with van der Waals surface area (Å²) in [7, 11) is 2.08. The Labute approximate surface area is 108 Å². The average molecular weight is 251 g/mol. The van der Waals surface area contributed by atoms with E-state index in [9.17, 15) is 4.79 Å². The van der Waals surface area contributed by atoms with E-state index in [2.05, 4.69) is 24.0 Å². The summed E-state index contributed by atoms with van der Waals surface area (Å²) < 4.78 is 5.15. The number of hydrogen-bond donors (Lipinski definition) is 0. The van der Waals surface area contributed by atoms with Gasteiger partial charge in [-0.3, -0.25) is 4.79 Å². The van der Waals surface area contributed by atoms with Gasteiger partial charge in [-0.15, -0.1) is 0 Å². The second-order valence-corrected chi connectivity index (χ2v) is 5.02. The zero-order valence-electron chi connectivity index (χ0n) is 11.6. The Morgan fingerprint density at radius 1 is 1.50 bits per heavy atom. The summed E-state index contributed by atoms with van der Waals surface area (Å²) in [5.74, 6) is 0.689. The highest BCUT2D eigenvalue weighted by Gasteiger charge is 2.30. The van der Waals surface area contributed by atoms with Crippen LogP contribution < -0.4 is 0 Å². The highest BCUT2D eigenvalue weighted by Crippen LogP contribution is 2.19. The van der Waals surface area contributed by atoms with Crippen LogP contribution in [0.1, 0.15) is 35.7 Å². The molecule has 1 aromatic rings. The van der Waals surface area contributed by atoms with Gasteiger partial charge in [0.1, 0.15) is 11.3 Å². The molecule has 1 unspecified atom stereocenters. The van der Waals surface area contributed by atoms with Crippen LogP contribution in [-0.2, 0) is 6.42 Å². The highest BCUT2D eigenvalue weighted by molar-refractivity contribution is 5.96. The molecule has 1 atom stereocenters. The summed E-state index contributed by atoms with van der Waals surface area (Å²) in [5.41, 5.74) is 1.43. The Morgan fingerprint density at radius 3 is 2.83 bits per heavy atom. The molecule has 0 bridgehead atoms. The molecule has 18 heavy (non-hydrogen) atoms. The van der Waals surface area contributed by atoms with Crippen molar-refractivity contribution in [2.24, 2.45) is 0 Å². The minimum Gasteiger partial charge on any atom is -0.361 e. The molecule has 1 fully saturated rings. The van der Waals surface area contributed by atoms with Gasteiger partial charge in [-0.05, 0) is 27.3 Å². The molecule has 100 valence electrons. The molecule has 1 amide bonds. The lowest BCUT2D eigenvalue weighted by Crippen LogP contribution is -2.52. The quantitative estimate of drug-likeness (QED) is 0.795. The van der Waals surface area contributed by atoms with E-state index in [1.54, 1.807) is 6.92 Å². The van der Waals surface area contributed by atoms with E-state index in [-0.39, 0.29) is 11.9 Å². The standard InChI is InChI=1S/C13H21N3O2/c1-5-11-12(10(3)18-14-11)13(17)16-7-6-15(4)8-9(16)2/h9H,5-8H2,1-4H3. The van der Waals surface area contributed by atoms with Crippen LogP contribution >= 0.6 is 0 Å². The van der Waals surface area contributed by atoms with Crippen LogP contribution in [0.25, 0.3) is 0 Å². The van der Waals surface area contributed by atoms with E-state index in [0.717, 1.165) is 31.7 Å². The lowest BCUT2D eigenvalue weighted by Gasteiger charge is -2.38. The second kappa shape index (κ2) is 5.10. The van der Waals surface area contributed by atoms with E-state index in [4.69, 9.17) is 4.52 Å². The van der Waals surface area contributed by atoms with E-state index < -0.39 is 0 Å². The molecule has 0 N–H and O–H groups in total. The zero-order chi connectivity index (χ0) is 13.3. The molecular formula is C13H21N3O2. The van der Waals surface area contributed by atoms with Crippen molar-refractivity contribution in [1.82, 2.24) is 15.0 Å². The molecule has 0 saturated carbocycles. The van der Waals surface area contributed by atoms with E-state index in [1.807, 2.05) is 11.8 Å². The first kappa shape index (κ1) is 13.1. The van der Waals surface area contributed by atoms with E-state index in [0.29, 0.717) is 11.3 Å². The molecule has 0 radical (unpaired) electrons. The van der Waals surface area contributed by atoms with Crippen molar-refractivity contribution in [2.45, 2.75) is 33.2 Å². The van der Waals surface area contributed by atoms with Crippen molar-refractivity contribution < 1.29 is 9.32 Å². The smallest absolute Gasteiger partial charge is 0.259 e. The fraction of sp³-hybridized carbons (Fsp3) is 0.692. The lowest BCUT2D eigenvalue weighted by molar-refractivity contribution is 0.0531. The first-order chi connectivity index (χ1) is 8.54. The maximum Gasteiger partial charge on any atom is 0.259 e. The number of rotatable bonds is 2. The molecule has 1 aliphatic rings. The fourth-order valence-electron chi connectivity index (χ4n) is 2.52. The van der Waals surface area contributed by atoms with Crippen molar-refractivity contribution in [3.05, 3.63) is 17.0 Å². The Morgan fingerprint density at radius 2 is 2.22 bits per heavy atom. The van der Waals surface area contributed by atoms with Crippen molar-refractivity contribution in [1.29, 1.82) is 0 Å². The molecule has 1 aliphatic heterocycles. The first-order valence-corrected chi connectivity index (χ1v) is 6.49. The molecule has 1 aromatic heterocycles. The number of carbonyl (C=O) groups is 1. The van der Waals surface area contributed by atoms with Gasteiger partial charge in [-0.25, -0.2) is 0 Å². The Kier molecular flexibility index (Phi) is 3.71. The molecule has 0 aromatic carbocycles. The van der Waals surface area contributed by atoms with Crippen LogP contribution in [-0.4, -0.2) is 53.6 Å². The summed E-state index contributed by atoms with van der Waals surface area (Å²) in [4.78, 5) is 16.8. The van der Waals surface area contributed by atoms with Crippen LogP contribution in [0.3, 0.4) is 0 Å². The number of likely N-dealkylation sites (N-methyl/N-ethyl adjacent to an activating group) is 1. The van der Waals surface area contributed by atoms with Gasteiger partial charge < -0.3 is 14.3 Å². The molecular weight excluding hydrogens is 230 g/mol. The second-order valence-electron chi connectivity index (χ2n) is 5.02. The number of amides is 1. The molecule has 2 rings (SSSR count). The van der Waals surface area contributed by atoms with Crippen molar-refractivity contribution in [2.75, 3.05) is 26.7 Å². The number of aromatic nitrogens is 1. The van der Waals surface area contributed by atoms with Gasteiger partial charge in [0.2, 0.25) is 0 Å². The van der Waals surface area contributed by atoms with Gasteiger partial charge in [-0.1, -0.05) is 12.1 Å². The van der Waals surface area contributed by atoms with Crippen molar-refractivity contribution in [3.63, 3.8) is 0 Å². The predicted molar refractivity (Wildman–Crippen MR) is 68.6 cm³/mol. The molecule has 1 saturated heterocycles. The predicted octanol–water partition coefficient (Wildman–Crippen LogP) is 1.32. The Hall–Kier alpha value is -1.36. The van der Waals surface area contributed by atoms with Crippen molar-refractivity contribution >= 4 is 5.91 Å². The maximum atomic E-state index is 12.6. The largest absolute Gasteiger partial charge is 0.361 e. The fourth-order valence-corrected chi connectivity index (χ4v) is 2.52. The van der Waals surface area contributed by atoms with Gasteiger partial charge in [0.05, 0.1) is 5.69 Å². The SMILES string of the molecule is CCc1noc(C)c1C(=O)N1CCN(C)CC1C. The third-order valence-electron chi connectivity index (χ3n) is 3.57. The number of nitrogens with zero attached hydrogens (tertiary/aromatic N) is 3. The number of hydrogen-bond acceptors (Lipinski definition) is 4. The first-order valence-electron chi connectivity index (χ1n) is 6.49. The van der Waals surface area contributed by atoms with Crippen LogP contribution in [0, 0.1) is 6.92 Å². The minimum atomic E-state index is 0.0613. The molecule has 5 nitrogen and oxygen atoms in total. The number of carbonyl (C=O) groups excluding carboxylic acids is 1. The van der Waals surface area contributed by atoms with Crippen LogP contribution in [0.2, 0.25) is 0 Å². The molecule has 0 aliphatic carbocycles. The molecule has 5 heteroatoms. The van der Waals surface area contributed by atoms with E-state index in [1.165, 1.54) is 0 Å². The van der Waals surface area contributed by atoms with Crippen LogP contribution in [0.15, 0.2) is 4.52 Å². The van der Waals surface area contributed by atoms with Gasteiger partial charge in [0.25, 0.3) is 5.91 Å². The van der Waals surface area contributed by atoms with Gasteiger partial charge in [-0.2, -0.15) is 0 Å². The van der Waals surface area contributed by atoms with Crippen LogP contribution in [0.5, 0.6) is 0 Å². The molecule has 0 spiro atoms. The zero-order valence-corrected chi connectivity index (χ0v) is 11.6. The monoisotopic (exact) mass is 251 g/mol. The summed E-state index contributed by atoms with van der Waals surface area (Å²) in [5, 5.41) is 3.96. The summed E-state index contributed by atoms with van der Waals surface area (Å²) >= 11 is 0. The maximum absolute atomic E-state index is 12.6. The Bertz CT molecular complexity index is 441. The topological polar surface area (TPSA) is 49.6 Å². The number of aryl methyl sites for hydroxylation is 2. The number of piperazine rings is 1. The summed E-state index contributed by atoms with van der Waals surface area (Å²) in [6, 6.07) is 0.232. The van der Waals surface area contributed by atoms with Crippen molar-refractivity contribution in [3.8, 4) is 0 Å². The minimum absolute atomic E-state index is 0.0613. The average Bonchev–Trinajstić information content (AvgIpc) is 2.69. The highest BCUT2D eigenvalue weighted by atomic mass is 16.5. The van der Waals surface area contributed by atoms with E-state index >= 15 is 0 Å². The van der Waals surface area contributed by atoms with Gasteiger partial charge >= 0.3 is 0 Å². The third-order valence-corrected chi connectivity index (χ3v) is 3.57. The summed E-state index contributed by atoms with van der Waals surface area (Å²) in [6.07, 6.45) is 0.723. The molecule has 2 heterocycles. The summed E-state index contributed by atoms with van der Waals surface area (Å²) in [6.45, 7) is 8.48. The van der Waals surface area contributed by atoms with Crippen LogP contribution in [0.4, 0.5) is 0 Å². The Balaban J connectivity index is 2.23. The lowest BCUT2D eigenvalue weighted by atomic mass is 10.1.